The van der Waals surface area contributed by atoms with Crippen molar-refractivity contribution < 1.29 is 14.1 Å². The number of rotatable bonds is 3. The molecule has 0 radical (unpaired) electrons. The molecule has 1 amide bonds. The molecular formula is C17H21N3O3. The minimum absolute atomic E-state index is 0.0813. The molecule has 1 aromatic carbocycles. The van der Waals surface area contributed by atoms with Crippen LogP contribution in [0, 0.1) is 6.92 Å². The van der Waals surface area contributed by atoms with Crippen molar-refractivity contribution in [1.29, 1.82) is 0 Å². The average Bonchev–Trinajstić information content (AvgIpc) is 2.87. The molecule has 0 N–H and O–H groups in total. The summed E-state index contributed by atoms with van der Waals surface area (Å²) in [6.45, 7) is 4.93. The van der Waals surface area contributed by atoms with Gasteiger partial charge in [-0.2, -0.15) is 0 Å². The number of hydrogen-bond acceptors (Lipinski definition) is 5. The number of carbonyl (C=O) groups excluding carboxylic acids is 1. The molecule has 122 valence electrons. The number of aromatic nitrogens is 1. The first-order chi connectivity index (χ1) is 11.2. The molecule has 6 nitrogen and oxygen atoms in total. The minimum Gasteiger partial charge on any atom is -0.497 e. The highest BCUT2D eigenvalue weighted by atomic mass is 16.5. The number of methoxy groups -OCH3 is 1. The van der Waals surface area contributed by atoms with E-state index in [1.165, 1.54) is 0 Å². The normalized spacial score (nSPS) is 15.4. The number of ether oxygens (including phenoxy) is 1. The molecule has 1 aliphatic heterocycles. The number of amides is 1. The van der Waals surface area contributed by atoms with Gasteiger partial charge in [0.1, 0.15) is 5.75 Å². The summed E-state index contributed by atoms with van der Waals surface area (Å²) in [5.41, 5.74) is 1.87. The Hall–Kier alpha value is -2.50. The number of carbonyl (C=O) groups is 1. The lowest BCUT2D eigenvalue weighted by Crippen LogP contribution is -2.35. The maximum Gasteiger partial charge on any atom is 0.292 e. The molecular weight excluding hydrogens is 294 g/mol. The van der Waals surface area contributed by atoms with Crippen LogP contribution in [0.4, 0.5) is 5.69 Å². The summed E-state index contributed by atoms with van der Waals surface area (Å²) in [5, 5.41) is 3.79. The standard InChI is InChI=1S/C17H21N3O3/c1-13-12-16(23-18-13)17(21)20-9-3-8-19(10-11-20)14-4-6-15(22-2)7-5-14/h4-7,12H,3,8-11H2,1-2H3. The van der Waals surface area contributed by atoms with E-state index in [1.54, 1.807) is 13.2 Å². The highest BCUT2D eigenvalue weighted by Crippen LogP contribution is 2.21. The SMILES string of the molecule is COc1ccc(N2CCCN(C(=O)c3cc(C)no3)CC2)cc1. The summed E-state index contributed by atoms with van der Waals surface area (Å²) in [6.07, 6.45) is 0.922. The fourth-order valence-electron chi connectivity index (χ4n) is 2.79. The molecule has 1 aliphatic rings. The van der Waals surface area contributed by atoms with E-state index in [4.69, 9.17) is 9.26 Å². The summed E-state index contributed by atoms with van der Waals surface area (Å²) >= 11 is 0. The average molecular weight is 315 g/mol. The number of benzene rings is 1. The number of hydrogen-bond donors (Lipinski definition) is 0. The van der Waals surface area contributed by atoms with Crippen molar-refractivity contribution in [2.75, 3.05) is 38.2 Å². The van der Waals surface area contributed by atoms with Gasteiger partial charge in [0.25, 0.3) is 5.91 Å². The molecule has 2 aromatic rings. The molecule has 2 heterocycles. The van der Waals surface area contributed by atoms with Crippen molar-refractivity contribution in [1.82, 2.24) is 10.1 Å². The Bertz CT molecular complexity index is 666. The monoisotopic (exact) mass is 315 g/mol. The predicted octanol–water partition coefficient (Wildman–Crippen LogP) is 2.34. The predicted molar refractivity (Wildman–Crippen MR) is 87.0 cm³/mol. The Morgan fingerprint density at radius 2 is 1.96 bits per heavy atom. The minimum atomic E-state index is -0.0813. The molecule has 0 saturated carbocycles. The van der Waals surface area contributed by atoms with Crippen LogP contribution in [0.3, 0.4) is 0 Å². The summed E-state index contributed by atoms with van der Waals surface area (Å²) in [5.74, 6) is 1.09. The number of aryl methyl sites for hydroxylation is 1. The van der Waals surface area contributed by atoms with Crippen LogP contribution in [0.25, 0.3) is 0 Å². The van der Waals surface area contributed by atoms with Crippen molar-refractivity contribution in [3.63, 3.8) is 0 Å². The van der Waals surface area contributed by atoms with E-state index >= 15 is 0 Å². The van der Waals surface area contributed by atoms with E-state index in [2.05, 4.69) is 22.2 Å². The van der Waals surface area contributed by atoms with Crippen LogP contribution >= 0.6 is 0 Å². The highest BCUT2D eigenvalue weighted by Gasteiger charge is 2.23. The van der Waals surface area contributed by atoms with Crippen molar-refractivity contribution in [3.8, 4) is 5.75 Å². The number of anilines is 1. The quantitative estimate of drug-likeness (QED) is 0.870. The van der Waals surface area contributed by atoms with Crippen LogP contribution in [0.5, 0.6) is 5.75 Å². The van der Waals surface area contributed by atoms with Gasteiger partial charge in [-0.25, -0.2) is 0 Å². The molecule has 3 rings (SSSR count). The summed E-state index contributed by atoms with van der Waals surface area (Å²) in [7, 11) is 1.66. The van der Waals surface area contributed by atoms with Crippen LogP contribution in [0.15, 0.2) is 34.9 Å². The van der Waals surface area contributed by atoms with E-state index in [1.807, 2.05) is 24.0 Å². The maximum absolute atomic E-state index is 12.4. The van der Waals surface area contributed by atoms with Crippen LogP contribution in [0.1, 0.15) is 22.7 Å². The molecule has 1 saturated heterocycles. The zero-order chi connectivity index (χ0) is 16.2. The van der Waals surface area contributed by atoms with Gasteiger partial charge in [-0.05, 0) is 37.6 Å². The van der Waals surface area contributed by atoms with E-state index in [0.717, 1.165) is 43.2 Å². The first-order valence-corrected chi connectivity index (χ1v) is 7.79. The number of nitrogens with zero attached hydrogens (tertiary/aromatic N) is 3. The van der Waals surface area contributed by atoms with E-state index < -0.39 is 0 Å². The van der Waals surface area contributed by atoms with Crippen molar-refractivity contribution in [3.05, 3.63) is 41.8 Å². The van der Waals surface area contributed by atoms with Crippen LogP contribution in [-0.2, 0) is 0 Å². The third kappa shape index (κ3) is 3.47. The molecule has 0 bridgehead atoms. The van der Waals surface area contributed by atoms with Crippen LogP contribution < -0.4 is 9.64 Å². The van der Waals surface area contributed by atoms with Gasteiger partial charge >= 0.3 is 0 Å². The first-order valence-electron chi connectivity index (χ1n) is 7.79. The summed E-state index contributed by atoms with van der Waals surface area (Å²) in [6, 6.07) is 9.71. The van der Waals surface area contributed by atoms with Gasteiger partial charge in [-0.15, -0.1) is 0 Å². The van der Waals surface area contributed by atoms with Gasteiger partial charge < -0.3 is 19.1 Å². The molecule has 23 heavy (non-hydrogen) atoms. The van der Waals surface area contributed by atoms with E-state index in [9.17, 15) is 4.79 Å². The van der Waals surface area contributed by atoms with Gasteiger partial charge in [0, 0.05) is 37.9 Å². The Kier molecular flexibility index (Phi) is 4.50. The fourth-order valence-corrected chi connectivity index (χ4v) is 2.79. The molecule has 1 fully saturated rings. The fraction of sp³-hybridized carbons (Fsp3) is 0.412. The smallest absolute Gasteiger partial charge is 0.292 e. The van der Waals surface area contributed by atoms with E-state index in [-0.39, 0.29) is 5.91 Å². The zero-order valence-corrected chi connectivity index (χ0v) is 13.5. The third-order valence-corrected chi connectivity index (χ3v) is 4.06. The molecule has 0 atom stereocenters. The summed E-state index contributed by atoms with van der Waals surface area (Å²) < 4.78 is 10.3. The Labute approximate surface area is 135 Å². The largest absolute Gasteiger partial charge is 0.497 e. The zero-order valence-electron chi connectivity index (χ0n) is 13.5. The Morgan fingerprint density at radius 3 is 2.61 bits per heavy atom. The molecule has 0 spiro atoms. The third-order valence-electron chi connectivity index (χ3n) is 4.06. The van der Waals surface area contributed by atoms with Gasteiger partial charge in [0.2, 0.25) is 5.76 Å². The van der Waals surface area contributed by atoms with Gasteiger partial charge in [-0.3, -0.25) is 4.79 Å². The summed E-state index contributed by atoms with van der Waals surface area (Å²) in [4.78, 5) is 16.6. The molecule has 0 unspecified atom stereocenters. The lowest BCUT2D eigenvalue weighted by Gasteiger charge is -2.23. The van der Waals surface area contributed by atoms with Crippen LogP contribution in [-0.4, -0.2) is 49.3 Å². The maximum atomic E-state index is 12.4. The Balaban J connectivity index is 1.65. The lowest BCUT2D eigenvalue weighted by atomic mass is 10.2. The van der Waals surface area contributed by atoms with Gasteiger partial charge in [0.15, 0.2) is 0 Å². The molecule has 1 aromatic heterocycles. The Morgan fingerprint density at radius 1 is 1.17 bits per heavy atom. The lowest BCUT2D eigenvalue weighted by molar-refractivity contribution is 0.0725. The van der Waals surface area contributed by atoms with Crippen LogP contribution in [0.2, 0.25) is 0 Å². The van der Waals surface area contributed by atoms with Crippen molar-refractivity contribution in [2.24, 2.45) is 0 Å². The van der Waals surface area contributed by atoms with Gasteiger partial charge in [-0.1, -0.05) is 5.16 Å². The molecule has 0 aliphatic carbocycles. The second-order valence-electron chi connectivity index (χ2n) is 5.66. The second-order valence-corrected chi connectivity index (χ2v) is 5.66. The topological polar surface area (TPSA) is 58.8 Å². The first kappa shape index (κ1) is 15.4. The van der Waals surface area contributed by atoms with E-state index in [0.29, 0.717) is 12.3 Å². The highest BCUT2D eigenvalue weighted by molar-refractivity contribution is 5.91. The second kappa shape index (κ2) is 6.73. The van der Waals surface area contributed by atoms with Crippen molar-refractivity contribution in [2.45, 2.75) is 13.3 Å². The molecule has 6 heteroatoms. The van der Waals surface area contributed by atoms with Gasteiger partial charge in [0.05, 0.1) is 12.8 Å². The van der Waals surface area contributed by atoms with Crippen molar-refractivity contribution >= 4 is 11.6 Å².